The van der Waals surface area contributed by atoms with Gasteiger partial charge in [-0.2, -0.15) is 0 Å². The summed E-state index contributed by atoms with van der Waals surface area (Å²) in [6.45, 7) is 3.72. The molecule has 0 N–H and O–H groups in total. The number of ether oxygens (including phenoxy) is 1. The Balaban J connectivity index is 1.75. The quantitative estimate of drug-likeness (QED) is 0.867. The predicted octanol–water partition coefficient (Wildman–Crippen LogP) is 2.73. The molecule has 1 atom stereocenters. The zero-order valence-corrected chi connectivity index (χ0v) is 14.5. The summed E-state index contributed by atoms with van der Waals surface area (Å²) in [5, 5.41) is 0. The second-order valence-corrected chi connectivity index (χ2v) is 7.12. The van der Waals surface area contributed by atoms with E-state index < -0.39 is 0 Å². The number of aromatic nitrogens is 1. The Kier molecular flexibility index (Phi) is 4.63. The minimum Gasteiger partial charge on any atom is -0.368 e. The van der Waals surface area contributed by atoms with Crippen LogP contribution in [0, 0.1) is 6.92 Å². The standard InChI is InChI=1S/C17H21N3O2S/c1-12-7-8-15(23-12)17(21)20-9-10-22-14(11-20)13-5-4-6-16(18-13)19(2)3/h4-8,14H,9-11H2,1-3H3/t14-/m1/s1. The molecular weight excluding hydrogens is 310 g/mol. The van der Waals surface area contributed by atoms with Crippen LogP contribution >= 0.6 is 11.3 Å². The lowest BCUT2D eigenvalue weighted by molar-refractivity contribution is -0.0245. The Hall–Kier alpha value is -1.92. The molecule has 0 bridgehead atoms. The van der Waals surface area contributed by atoms with Crippen molar-refractivity contribution in [3.05, 3.63) is 45.8 Å². The van der Waals surface area contributed by atoms with Gasteiger partial charge in [-0.3, -0.25) is 4.79 Å². The van der Waals surface area contributed by atoms with Crippen LogP contribution in [0.15, 0.2) is 30.3 Å². The molecule has 23 heavy (non-hydrogen) atoms. The maximum atomic E-state index is 12.6. The molecule has 0 aliphatic carbocycles. The summed E-state index contributed by atoms with van der Waals surface area (Å²) in [7, 11) is 3.92. The van der Waals surface area contributed by atoms with Crippen molar-refractivity contribution in [1.82, 2.24) is 9.88 Å². The molecule has 3 heterocycles. The normalized spacial score (nSPS) is 18.0. The summed E-state index contributed by atoms with van der Waals surface area (Å²) in [6, 6.07) is 9.78. The van der Waals surface area contributed by atoms with Crippen molar-refractivity contribution in [3.63, 3.8) is 0 Å². The summed E-state index contributed by atoms with van der Waals surface area (Å²) in [5.74, 6) is 0.976. The molecule has 0 saturated carbocycles. The summed E-state index contributed by atoms with van der Waals surface area (Å²) < 4.78 is 5.85. The Bertz CT molecular complexity index is 699. The van der Waals surface area contributed by atoms with E-state index in [-0.39, 0.29) is 12.0 Å². The van der Waals surface area contributed by atoms with Crippen molar-refractivity contribution in [3.8, 4) is 0 Å². The monoisotopic (exact) mass is 331 g/mol. The van der Waals surface area contributed by atoms with Gasteiger partial charge in [0.15, 0.2) is 0 Å². The second kappa shape index (κ2) is 6.68. The average Bonchev–Trinajstić information content (AvgIpc) is 3.01. The van der Waals surface area contributed by atoms with Gasteiger partial charge in [-0.05, 0) is 31.2 Å². The Morgan fingerprint density at radius 1 is 1.35 bits per heavy atom. The van der Waals surface area contributed by atoms with Crippen LogP contribution in [0.3, 0.4) is 0 Å². The summed E-state index contributed by atoms with van der Waals surface area (Å²) >= 11 is 1.54. The molecule has 5 nitrogen and oxygen atoms in total. The molecule has 0 radical (unpaired) electrons. The summed E-state index contributed by atoms with van der Waals surface area (Å²) in [6.07, 6.45) is -0.173. The largest absolute Gasteiger partial charge is 0.368 e. The number of carbonyl (C=O) groups is 1. The molecule has 1 aliphatic rings. The van der Waals surface area contributed by atoms with E-state index in [0.29, 0.717) is 19.7 Å². The highest BCUT2D eigenvalue weighted by Crippen LogP contribution is 2.25. The number of carbonyl (C=O) groups excluding carboxylic acids is 1. The number of aryl methyl sites for hydroxylation is 1. The number of hydrogen-bond acceptors (Lipinski definition) is 5. The molecule has 0 spiro atoms. The first-order valence-corrected chi connectivity index (χ1v) is 8.48. The smallest absolute Gasteiger partial charge is 0.264 e. The van der Waals surface area contributed by atoms with Crippen LogP contribution in [0.4, 0.5) is 5.82 Å². The van der Waals surface area contributed by atoms with Crippen molar-refractivity contribution < 1.29 is 9.53 Å². The fourth-order valence-corrected chi connectivity index (χ4v) is 3.42. The Morgan fingerprint density at radius 2 is 2.17 bits per heavy atom. The molecule has 1 amide bonds. The van der Waals surface area contributed by atoms with Crippen LogP contribution < -0.4 is 4.90 Å². The van der Waals surface area contributed by atoms with Gasteiger partial charge in [0.25, 0.3) is 5.91 Å². The third-order valence-electron chi connectivity index (χ3n) is 3.85. The summed E-state index contributed by atoms with van der Waals surface area (Å²) in [4.78, 5) is 23.0. The Labute approximate surface area is 140 Å². The zero-order chi connectivity index (χ0) is 16.4. The SMILES string of the molecule is Cc1ccc(C(=O)N2CCO[C@@H](c3cccc(N(C)C)n3)C2)s1. The van der Waals surface area contributed by atoms with E-state index in [1.807, 2.05) is 61.2 Å². The van der Waals surface area contributed by atoms with Crippen molar-refractivity contribution >= 4 is 23.1 Å². The average molecular weight is 331 g/mol. The fourth-order valence-electron chi connectivity index (χ4n) is 2.59. The van der Waals surface area contributed by atoms with Crippen molar-refractivity contribution in [2.45, 2.75) is 13.0 Å². The van der Waals surface area contributed by atoms with E-state index in [1.54, 1.807) is 0 Å². The fraction of sp³-hybridized carbons (Fsp3) is 0.412. The summed E-state index contributed by atoms with van der Waals surface area (Å²) in [5.41, 5.74) is 0.871. The van der Waals surface area contributed by atoms with Crippen LogP contribution in [0.5, 0.6) is 0 Å². The van der Waals surface area contributed by atoms with Gasteiger partial charge in [0.05, 0.1) is 23.7 Å². The van der Waals surface area contributed by atoms with Crippen molar-refractivity contribution in [2.24, 2.45) is 0 Å². The maximum Gasteiger partial charge on any atom is 0.264 e. The Morgan fingerprint density at radius 3 is 2.87 bits per heavy atom. The lowest BCUT2D eigenvalue weighted by Gasteiger charge is -2.32. The molecule has 1 aliphatic heterocycles. The number of amides is 1. The predicted molar refractivity (Wildman–Crippen MR) is 92.2 cm³/mol. The number of morpholine rings is 1. The number of pyridine rings is 1. The van der Waals surface area contributed by atoms with Gasteiger partial charge in [-0.1, -0.05) is 6.07 Å². The van der Waals surface area contributed by atoms with Gasteiger partial charge in [-0.25, -0.2) is 4.98 Å². The van der Waals surface area contributed by atoms with E-state index in [4.69, 9.17) is 4.74 Å². The molecule has 3 rings (SSSR count). The number of thiophene rings is 1. The topological polar surface area (TPSA) is 45.7 Å². The minimum absolute atomic E-state index is 0.0835. The van der Waals surface area contributed by atoms with Gasteiger partial charge in [-0.15, -0.1) is 11.3 Å². The number of nitrogens with zero attached hydrogens (tertiary/aromatic N) is 3. The van der Waals surface area contributed by atoms with Crippen LogP contribution in [0.2, 0.25) is 0 Å². The molecule has 6 heteroatoms. The highest BCUT2D eigenvalue weighted by molar-refractivity contribution is 7.13. The van der Waals surface area contributed by atoms with Crippen LogP contribution in [-0.4, -0.2) is 49.6 Å². The number of rotatable bonds is 3. The molecule has 2 aromatic rings. The molecular formula is C17H21N3O2S. The second-order valence-electron chi connectivity index (χ2n) is 5.84. The van der Waals surface area contributed by atoms with Gasteiger partial charge < -0.3 is 14.5 Å². The molecule has 0 aromatic carbocycles. The highest BCUT2D eigenvalue weighted by atomic mass is 32.1. The van der Waals surface area contributed by atoms with Gasteiger partial charge in [0, 0.05) is 25.5 Å². The molecule has 2 aromatic heterocycles. The minimum atomic E-state index is -0.173. The first-order valence-electron chi connectivity index (χ1n) is 7.66. The van der Waals surface area contributed by atoms with Crippen molar-refractivity contribution in [2.75, 3.05) is 38.7 Å². The number of anilines is 1. The zero-order valence-electron chi connectivity index (χ0n) is 13.7. The first-order chi connectivity index (χ1) is 11.0. The lowest BCUT2D eigenvalue weighted by Crippen LogP contribution is -2.42. The highest BCUT2D eigenvalue weighted by Gasteiger charge is 2.27. The number of hydrogen-bond donors (Lipinski definition) is 0. The third-order valence-corrected chi connectivity index (χ3v) is 4.84. The van der Waals surface area contributed by atoms with E-state index in [1.165, 1.54) is 11.3 Å². The maximum absolute atomic E-state index is 12.6. The van der Waals surface area contributed by atoms with Gasteiger partial charge >= 0.3 is 0 Å². The van der Waals surface area contributed by atoms with Gasteiger partial charge in [0.2, 0.25) is 0 Å². The molecule has 1 fully saturated rings. The van der Waals surface area contributed by atoms with E-state index >= 15 is 0 Å². The van der Waals surface area contributed by atoms with E-state index in [0.717, 1.165) is 21.3 Å². The molecule has 122 valence electrons. The van der Waals surface area contributed by atoms with E-state index in [9.17, 15) is 4.79 Å². The molecule has 1 saturated heterocycles. The van der Waals surface area contributed by atoms with E-state index in [2.05, 4.69) is 4.98 Å². The van der Waals surface area contributed by atoms with Crippen molar-refractivity contribution in [1.29, 1.82) is 0 Å². The third kappa shape index (κ3) is 3.54. The van der Waals surface area contributed by atoms with Gasteiger partial charge in [0.1, 0.15) is 11.9 Å². The molecule has 0 unspecified atom stereocenters. The first kappa shape index (κ1) is 16.0. The van der Waals surface area contributed by atoms with Crippen LogP contribution in [-0.2, 0) is 4.74 Å². The van der Waals surface area contributed by atoms with Crippen LogP contribution in [0.25, 0.3) is 0 Å². The lowest BCUT2D eigenvalue weighted by atomic mass is 10.1. The van der Waals surface area contributed by atoms with Crippen LogP contribution in [0.1, 0.15) is 26.3 Å².